The zero-order valence-electron chi connectivity index (χ0n) is 21.4. The maximum Gasteiger partial charge on any atom is 0.317 e. The average molecular weight is 494 g/mol. The number of nitrogens with one attached hydrogen (secondary N) is 2. The number of piperidine rings is 1. The molecule has 0 saturated carbocycles. The summed E-state index contributed by atoms with van der Waals surface area (Å²) in [7, 11) is 1.40. The third kappa shape index (κ3) is 5.70. The number of aryl methyl sites for hydroxylation is 2. The quantitative estimate of drug-likeness (QED) is 0.528. The van der Waals surface area contributed by atoms with Crippen LogP contribution in [0.15, 0.2) is 47.7 Å². The first kappa shape index (κ1) is 25.7. The third-order valence-electron chi connectivity index (χ3n) is 7.28. The summed E-state index contributed by atoms with van der Waals surface area (Å²) in [4.78, 5) is 17.3. The monoisotopic (exact) mass is 493 g/mol. The molecule has 2 aliphatic rings. The SMILES string of the molecule is COc1ccc(C(=N)C2=C(N)CCN(C(=O)NC3CCCN(Cc4c(C)cccc4C)C3)C2)cc1F. The number of likely N-dealkylation sites (tertiary alicyclic amines) is 1. The van der Waals surface area contributed by atoms with Gasteiger partial charge in [0.2, 0.25) is 0 Å². The Balaban J connectivity index is 1.38. The molecule has 8 heteroatoms. The number of urea groups is 1. The third-order valence-corrected chi connectivity index (χ3v) is 7.28. The molecule has 7 nitrogen and oxygen atoms in total. The summed E-state index contributed by atoms with van der Waals surface area (Å²) in [6.07, 6.45) is 2.45. The number of nitrogens with two attached hydrogens (primary N) is 1. The Labute approximate surface area is 212 Å². The van der Waals surface area contributed by atoms with E-state index in [0.29, 0.717) is 29.8 Å². The summed E-state index contributed by atoms with van der Waals surface area (Å²) in [6, 6.07) is 10.7. The van der Waals surface area contributed by atoms with Gasteiger partial charge in [0.1, 0.15) is 0 Å². The Bertz CT molecular complexity index is 1160. The van der Waals surface area contributed by atoms with E-state index in [1.54, 1.807) is 11.0 Å². The Morgan fingerprint density at radius 1 is 1.22 bits per heavy atom. The van der Waals surface area contributed by atoms with Gasteiger partial charge in [0.15, 0.2) is 11.6 Å². The fourth-order valence-electron chi connectivity index (χ4n) is 5.09. The normalized spacial score (nSPS) is 18.8. The molecular formula is C28H36FN5O2. The van der Waals surface area contributed by atoms with Crippen LogP contribution in [0.5, 0.6) is 5.75 Å². The molecule has 0 radical (unpaired) electrons. The first-order chi connectivity index (χ1) is 17.3. The molecule has 0 spiro atoms. The fourth-order valence-corrected chi connectivity index (χ4v) is 5.09. The van der Waals surface area contributed by atoms with E-state index < -0.39 is 5.82 Å². The molecule has 2 aromatic rings. The lowest BCUT2D eigenvalue weighted by Crippen LogP contribution is -2.53. The molecule has 1 saturated heterocycles. The van der Waals surface area contributed by atoms with Crippen LogP contribution in [-0.4, -0.2) is 60.9 Å². The molecule has 4 rings (SSSR count). The van der Waals surface area contributed by atoms with Gasteiger partial charge in [0, 0.05) is 48.9 Å². The van der Waals surface area contributed by atoms with Crippen molar-refractivity contribution in [3.8, 4) is 5.75 Å². The van der Waals surface area contributed by atoms with Crippen LogP contribution >= 0.6 is 0 Å². The lowest BCUT2D eigenvalue weighted by atomic mass is 9.96. The lowest BCUT2D eigenvalue weighted by Gasteiger charge is -2.36. The lowest BCUT2D eigenvalue weighted by molar-refractivity contribution is 0.164. The molecule has 0 bridgehead atoms. The average Bonchev–Trinajstić information content (AvgIpc) is 2.86. The largest absolute Gasteiger partial charge is 0.494 e. The summed E-state index contributed by atoms with van der Waals surface area (Å²) in [6.45, 7) is 7.72. The van der Waals surface area contributed by atoms with Crippen LogP contribution in [0.4, 0.5) is 9.18 Å². The smallest absolute Gasteiger partial charge is 0.317 e. The van der Waals surface area contributed by atoms with E-state index in [1.165, 1.54) is 35.9 Å². The highest BCUT2D eigenvalue weighted by atomic mass is 19.1. The minimum absolute atomic E-state index is 0.0670. The zero-order valence-corrected chi connectivity index (χ0v) is 21.4. The van der Waals surface area contributed by atoms with Crippen molar-refractivity contribution in [2.45, 2.75) is 45.7 Å². The van der Waals surface area contributed by atoms with Crippen molar-refractivity contribution in [2.24, 2.45) is 5.73 Å². The van der Waals surface area contributed by atoms with E-state index >= 15 is 0 Å². The number of carbonyl (C=O) groups is 1. The Kier molecular flexibility index (Phi) is 7.94. The highest BCUT2D eigenvalue weighted by molar-refractivity contribution is 6.11. The Morgan fingerprint density at radius 3 is 2.67 bits per heavy atom. The second kappa shape index (κ2) is 11.1. The van der Waals surface area contributed by atoms with Gasteiger partial charge in [-0.1, -0.05) is 18.2 Å². The number of hydrogen-bond donors (Lipinski definition) is 3. The van der Waals surface area contributed by atoms with Crippen LogP contribution in [0.3, 0.4) is 0 Å². The maximum atomic E-state index is 14.2. The standard InChI is InChI=1S/C28H36FN5O2/c1-18-6-4-7-19(2)22(18)16-33-12-5-8-21(15-33)32-28(35)34-13-11-25(30)23(17-34)27(31)20-9-10-26(36-3)24(29)14-20/h4,6-7,9-10,14,21,31H,5,8,11-13,15-17,30H2,1-3H3,(H,32,35). The second-order valence-electron chi connectivity index (χ2n) is 9.79. The maximum absolute atomic E-state index is 14.2. The van der Waals surface area contributed by atoms with Gasteiger partial charge in [-0.3, -0.25) is 10.3 Å². The highest BCUT2D eigenvalue weighted by Gasteiger charge is 2.28. The number of halogens is 1. The van der Waals surface area contributed by atoms with Gasteiger partial charge in [0.25, 0.3) is 0 Å². The van der Waals surface area contributed by atoms with E-state index in [2.05, 4.69) is 42.3 Å². The van der Waals surface area contributed by atoms with Gasteiger partial charge in [-0.05, 0) is 68.1 Å². The number of benzene rings is 2. The first-order valence-electron chi connectivity index (χ1n) is 12.5. The van der Waals surface area contributed by atoms with Crippen LogP contribution in [0, 0.1) is 25.1 Å². The molecule has 1 unspecified atom stereocenters. The molecule has 2 heterocycles. The van der Waals surface area contributed by atoms with E-state index in [9.17, 15) is 9.18 Å². The van der Waals surface area contributed by atoms with Crippen LogP contribution < -0.4 is 15.8 Å². The van der Waals surface area contributed by atoms with Crippen molar-refractivity contribution in [2.75, 3.05) is 33.3 Å². The molecule has 4 N–H and O–H groups in total. The first-order valence-corrected chi connectivity index (χ1v) is 12.5. The van der Waals surface area contributed by atoms with E-state index in [4.69, 9.17) is 15.9 Å². The molecule has 0 aliphatic carbocycles. The summed E-state index contributed by atoms with van der Waals surface area (Å²) in [5.74, 6) is -0.413. The van der Waals surface area contributed by atoms with E-state index in [1.807, 2.05) is 0 Å². The molecule has 2 amide bonds. The summed E-state index contributed by atoms with van der Waals surface area (Å²) in [5.41, 5.74) is 11.8. The Morgan fingerprint density at radius 2 is 1.97 bits per heavy atom. The summed E-state index contributed by atoms with van der Waals surface area (Å²) >= 11 is 0. The number of amides is 2. The highest BCUT2D eigenvalue weighted by Crippen LogP contribution is 2.24. The van der Waals surface area contributed by atoms with Crippen molar-refractivity contribution >= 4 is 11.7 Å². The minimum Gasteiger partial charge on any atom is -0.494 e. The predicted octanol–water partition coefficient (Wildman–Crippen LogP) is 4.11. The topological polar surface area (TPSA) is 94.7 Å². The number of hydrogen-bond acceptors (Lipinski definition) is 5. The van der Waals surface area contributed by atoms with Crippen molar-refractivity contribution in [3.63, 3.8) is 0 Å². The molecular weight excluding hydrogens is 457 g/mol. The van der Waals surface area contributed by atoms with Crippen molar-refractivity contribution in [1.82, 2.24) is 15.1 Å². The molecule has 0 aromatic heterocycles. The van der Waals surface area contributed by atoms with Crippen molar-refractivity contribution in [3.05, 3.63) is 75.7 Å². The molecule has 2 aliphatic heterocycles. The van der Waals surface area contributed by atoms with Gasteiger partial charge in [-0.25, -0.2) is 9.18 Å². The molecule has 36 heavy (non-hydrogen) atoms. The number of carbonyl (C=O) groups excluding carboxylic acids is 1. The number of methoxy groups -OCH3 is 1. The summed E-state index contributed by atoms with van der Waals surface area (Å²) < 4.78 is 19.2. The summed E-state index contributed by atoms with van der Waals surface area (Å²) in [5, 5.41) is 11.8. The van der Waals surface area contributed by atoms with Crippen molar-refractivity contribution in [1.29, 1.82) is 5.41 Å². The van der Waals surface area contributed by atoms with Gasteiger partial charge < -0.3 is 20.7 Å². The number of rotatable bonds is 6. The van der Waals surface area contributed by atoms with E-state index in [0.717, 1.165) is 32.5 Å². The van der Waals surface area contributed by atoms with Gasteiger partial charge in [-0.2, -0.15) is 0 Å². The van der Waals surface area contributed by atoms with Crippen LogP contribution in [0.1, 0.15) is 41.5 Å². The molecule has 2 aromatic carbocycles. The molecule has 1 fully saturated rings. The Hall–Kier alpha value is -3.39. The van der Waals surface area contributed by atoms with Crippen LogP contribution in [-0.2, 0) is 6.54 Å². The van der Waals surface area contributed by atoms with Crippen LogP contribution in [0.25, 0.3) is 0 Å². The predicted molar refractivity (Wildman–Crippen MR) is 140 cm³/mol. The minimum atomic E-state index is -0.535. The fraction of sp³-hybridized carbons (Fsp3) is 0.429. The van der Waals surface area contributed by atoms with Gasteiger partial charge in [0.05, 0.1) is 19.4 Å². The van der Waals surface area contributed by atoms with Crippen molar-refractivity contribution < 1.29 is 13.9 Å². The van der Waals surface area contributed by atoms with E-state index in [-0.39, 0.29) is 30.1 Å². The number of nitrogens with zero attached hydrogens (tertiary/aromatic N) is 2. The second-order valence-corrected chi connectivity index (χ2v) is 9.79. The molecule has 1 atom stereocenters. The van der Waals surface area contributed by atoms with Crippen LogP contribution in [0.2, 0.25) is 0 Å². The zero-order chi connectivity index (χ0) is 25.8. The van der Waals surface area contributed by atoms with Gasteiger partial charge >= 0.3 is 6.03 Å². The number of ether oxygens (including phenoxy) is 1. The van der Waals surface area contributed by atoms with Gasteiger partial charge in [-0.15, -0.1) is 0 Å². The molecule has 192 valence electrons.